The molecular formula is C21H19ClFN5. The van der Waals surface area contributed by atoms with Crippen molar-refractivity contribution >= 4 is 24.1 Å². The summed E-state index contributed by atoms with van der Waals surface area (Å²) in [7, 11) is 0. The van der Waals surface area contributed by atoms with Crippen molar-refractivity contribution in [1.29, 1.82) is 0 Å². The summed E-state index contributed by atoms with van der Waals surface area (Å²) in [6, 6.07) is 13.1. The zero-order valence-corrected chi connectivity index (χ0v) is 15.8. The molecule has 7 heteroatoms. The van der Waals surface area contributed by atoms with Gasteiger partial charge in [0, 0.05) is 23.6 Å². The maximum atomic E-state index is 13.6. The van der Waals surface area contributed by atoms with Crippen molar-refractivity contribution in [3.05, 3.63) is 89.3 Å². The summed E-state index contributed by atoms with van der Waals surface area (Å²) >= 11 is 0. The zero-order chi connectivity index (χ0) is 18.4. The van der Waals surface area contributed by atoms with Crippen molar-refractivity contribution in [3.8, 4) is 5.69 Å². The molecule has 2 aromatic carbocycles. The number of aromatic nitrogens is 2. The maximum Gasteiger partial charge on any atom is 0.194 e. The molecule has 0 radical (unpaired) electrons. The minimum atomic E-state index is -0.207. The molecule has 0 amide bonds. The van der Waals surface area contributed by atoms with E-state index in [0.29, 0.717) is 5.96 Å². The summed E-state index contributed by atoms with van der Waals surface area (Å²) in [5, 5.41) is 3.20. The van der Waals surface area contributed by atoms with Gasteiger partial charge in [-0.2, -0.15) is 0 Å². The van der Waals surface area contributed by atoms with Crippen LogP contribution in [0.5, 0.6) is 0 Å². The van der Waals surface area contributed by atoms with Crippen LogP contribution >= 0.6 is 12.4 Å². The smallest absolute Gasteiger partial charge is 0.194 e. The van der Waals surface area contributed by atoms with Crippen molar-refractivity contribution in [2.75, 3.05) is 0 Å². The largest absolute Gasteiger partial charge is 0.370 e. The fourth-order valence-corrected chi connectivity index (χ4v) is 3.90. The molecule has 1 atom stereocenters. The van der Waals surface area contributed by atoms with Crippen LogP contribution in [-0.2, 0) is 6.42 Å². The van der Waals surface area contributed by atoms with E-state index >= 15 is 0 Å². The van der Waals surface area contributed by atoms with E-state index in [9.17, 15) is 4.39 Å². The molecule has 1 aromatic heterocycles. The number of nitrogens with zero attached hydrogens (tertiary/aromatic N) is 3. The summed E-state index contributed by atoms with van der Waals surface area (Å²) in [6.45, 7) is 0. The van der Waals surface area contributed by atoms with Gasteiger partial charge in [-0.1, -0.05) is 12.1 Å². The first-order chi connectivity index (χ1) is 13.2. The molecule has 2 aliphatic rings. The molecule has 3 aromatic rings. The Bertz CT molecular complexity index is 1070. The minimum Gasteiger partial charge on any atom is -0.370 e. The monoisotopic (exact) mass is 395 g/mol. The van der Waals surface area contributed by atoms with Crippen LogP contribution in [0.1, 0.15) is 29.2 Å². The number of fused-ring (bicyclic) bond motifs is 2. The van der Waals surface area contributed by atoms with Crippen molar-refractivity contribution in [1.82, 2.24) is 14.9 Å². The highest BCUT2D eigenvalue weighted by atomic mass is 35.5. The van der Waals surface area contributed by atoms with Gasteiger partial charge >= 0.3 is 0 Å². The third-order valence-electron chi connectivity index (χ3n) is 5.18. The Morgan fingerprint density at radius 1 is 1.11 bits per heavy atom. The summed E-state index contributed by atoms with van der Waals surface area (Å²) < 4.78 is 15.6. The SMILES string of the molecule is Cl.NC1=NC(c2ccc(-n3ccnc3)cc2)C2=C(N1)c1ccc(F)cc1CC2. The van der Waals surface area contributed by atoms with Crippen molar-refractivity contribution in [3.63, 3.8) is 0 Å². The molecule has 1 unspecified atom stereocenters. The Hall–Kier alpha value is -3.12. The number of nitrogens with one attached hydrogen (secondary N) is 1. The van der Waals surface area contributed by atoms with E-state index in [-0.39, 0.29) is 24.3 Å². The van der Waals surface area contributed by atoms with Crippen LogP contribution in [-0.4, -0.2) is 15.5 Å². The van der Waals surface area contributed by atoms with Gasteiger partial charge in [0.15, 0.2) is 5.96 Å². The second kappa shape index (κ2) is 7.13. The highest BCUT2D eigenvalue weighted by Crippen LogP contribution is 2.40. The van der Waals surface area contributed by atoms with Gasteiger partial charge in [-0.15, -0.1) is 12.4 Å². The minimum absolute atomic E-state index is 0. The molecular weight excluding hydrogens is 377 g/mol. The number of hydrogen-bond donors (Lipinski definition) is 2. The highest BCUT2D eigenvalue weighted by molar-refractivity contribution is 5.92. The van der Waals surface area contributed by atoms with E-state index in [1.807, 2.05) is 16.8 Å². The number of hydrogen-bond acceptors (Lipinski definition) is 4. The van der Waals surface area contributed by atoms with E-state index in [2.05, 4.69) is 39.6 Å². The van der Waals surface area contributed by atoms with Crippen LogP contribution in [0.3, 0.4) is 0 Å². The summed E-state index contributed by atoms with van der Waals surface area (Å²) in [4.78, 5) is 8.74. The quantitative estimate of drug-likeness (QED) is 0.694. The summed E-state index contributed by atoms with van der Waals surface area (Å²) in [5.41, 5.74) is 12.4. The van der Waals surface area contributed by atoms with Crippen LogP contribution < -0.4 is 11.1 Å². The number of halogens is 2. The summed E-state index contributed by atoms with van der Waals surface area (Å²) in [5.74, 6) is 0.177. The average Bonchev–Trinajstić information content (AvgIpc) is 3.22. The Balaban J connectivity index is 0.00000192. The van der Waals surface area contributed by atoms with Gasteiger partial charge in [0.05, 0.1) is 12.0 Å². The van der Waals surface area contributed by atoms with Crippen molar-refractivity contribution < 1.29 is 4.39 Å². The molecule has 5 rings (SSSR count). The lowest BCUT2D eigenvalue weighted by atomic mass is 9.83. The van der Waals surface area contributed by atoms with Gasteiger partial charge in [0.25, 0.3) is 0 Å². The van der Waals surface area contributed by atoms with Gasteiger partial charge in [0.1, 0.15) is 11.9 Å². The predicted octanol–water partition coefficient (Wildman–Crippen LogP) is 3.75. The van der Waals surface area contributed by atoms with Gasteiger partial charge in [-0.3, -0.25) is 0 Å². The number of nitrogens with two attached hydrogens (primary N) is 1. The van der Waals surface area contributed by atoms with E-state index in [4.69, 9.17) is 5.73 Å². The van der Waals surface area contributed by atoms with Crippen LogP contribution in [0, 0.1) is 5.82 Å². The van der Waals surface area contributed by atoms with Crippen LogP contribution in [0.15, 0.2) is 71.8 Å². The second-order valence-corrected chi connectivity index (χ2v) is 6.81. The van der Waals surface area contributed by atoms with Crippen molar-refractivity contribution in [2.45, 2.75) is 18.9 Å². The molecule has 2 heterocycles. The Labute approximate surface area is 168 Å². The van der Waals surface area contributed by atoms with Crippen LogP contribution in [0.25, 0.3) is 11.4 Å². The fourth-order valence-electron chi connectivity index (χ4n) is 3.90. The molecule has 5 nitrogen and oxygen atoms in total. The molecule has 142 valence electrons. The molecule has 28 heavy (non-hydrogen) atoms. The number of imidazole rings is 1. The number of aryl methyl sites for hydroxylation is 1. The lowest BCUT2D eigenvalue weighted by Gasteiger charge is -2.31. The van der Waals surface area contributed by atoms with Gasteiger partial charge in [0.2, 0.25) is 0 Å². The van der Waals surface area contributed by atoms with Gasteiger partial charge in [-0.05, 0) is 59.9 Å². The lowest BCUT2D eigenvalue weighted by molar-refractivity contribution is 0.623. The van der Waals surface area contributed by atoms with E-state index in [0.717, 1.165) is 40.9 Å². The Morgan fingerprint density at radius 2 is 1.93 bits per heavy atom. The molecule has 1 aliphatic carbocycles. The first kappa shape index (κ1) is 18.3. The first-order valence-electron chi connectivity index (χ1n) is 8.89. The van der Waals surface area contributed by atoms with Crippen molar-refractivity contribution in [2.24, 2.45) is 10.7 Å². The molecule has 0 saturated carbocycles. The molecule has 3 N–H and O–H groups in total. The van der Waals surface area contributed by atoms with E-state index in [1.54, 1.807) is 18.6 Å². The normalized spacial score (nSPS) is 17.8. The molecule has 0 fully saturated rings. The Kier molecular flexibility index (Phi) is 4.65. The summed E-state index contributed by atoms with van der Waals surface area (Å²) in [6.07, 6.45) is 7.06. The number of guanidine groups is 1. The van der Waals surface area contributed by atoms with Gasteiger partial charge in [-0.25, -0.2) is 14.4 Å². The molecule has 0 bridgehead atoms. The Morgan fingerprint density at radius 3 is 2.68 bits per heavy atom. The molecule has 1 aliphatic heterocycles. The molecule has 0 saturated heterocycles. The number of benzene rings is 2. The van der Waals surface area contributed by atoms with Crippen LogP contribution in [0.2, 0.25) is 0 Å². The standard InChI is InChI=1S/C21H18FN5.ClH/c22-15-4-8-17-14(11-15)3-7-18-19(25-21(23)26-20(17)18)13-1-5-16(6-2-13)27-10-9-24-12-27;/h1-2,4-6,8-12,19H,3,7H2,(H3,23,25,26);1H. The second-order valence-electron chi connectivity index (χ2n) is 6.81. The first-order valence-corrected chi connectivity index (χ1v) is 8.89. The third-order valence-corrected chi connectivity index (χ3v) is 5.18. The van der Waals surface area contributed by atoms with Gasteiger partial charge < -0.3 is 15.6 Å². The highest BCUT2D eigenvalue weighted by Gasteiger charge is 2.29. The third kappa shape index (κ3) is 3.05. The fraction of sp³-hybridized carbons (Fsp3) is 0.143. The van der Waals surface area contributed by atoms with E-state index < -0.39 is 0 Å². The average molecular weight is 396 g/mol. The maximum absolute atomic E-state index is 13.6. The van der Waals surface area contributed by atoms with Crippen LogP contribution in [0.4, 0.5) is 4.39 Å². The van der Waals surface area contributed by atoms with E-state index in [1.165, 1.54) is 11.6 Å². The zero-order valence-electron chi connectivity index (χ0n) is 15.0. The lowest BCUT2D eigenvalue weighted by Crippen LogP contribution is -2.37. The number of rotatable bonds is 2. The molecule has 0 spiro atoms. The predicted molar refractivity (Wildman–Crippen MR) is 110 cm³/mol. The topological polar surface area (TPSA) is 68.2 Å². The number of aliphatic imine (C=N–C) groups is 1.